The van der Waals surface area contributed by atoms with Crippen molar-refractivity contribution in [1.29, 1.82) is 0 Å². The number of rotatable bonds is 4. The summed E-state index contributed by atoms with van der Waals surface area (Å²) in [6.07, 6.45) is 0. The molecular formula is C13H8Cl4O3S. The van der Waals surface area contributed by atoms with Crippen molar-refractivity contribution in [3.05, 3.63) is 57.0 Å². The van der Waals surface area contributed by atoms with E-state index < -0.39 is 9.05 Å². The first kappa shape index (κ1) is 16.7. The lowest BCUT2D eigenvalue weighted by Gasteiger charge is -2.11. The average molecular weight is 386 g/mol. The van der Waals surface area contributed by atoms with Gasteiger partial charge in [-0.3, -0.25) is 0 Å². The third-order valence-electron chi connectivity index (χ3n) is 2.56. The molecule has 0 unspecified atom stereocenters. The van der Waals surface area contributed by atoms with Crippen molar-refractivity contribution >= 4 is 54.5 Å². The zero-order chi connectivity index (χ0) is 15.6. The monoisotopic (exact) mass is 384 g/mol. The summed E-state index contributed by atoms with van der Waals surface area (Å²) < 4.78 is 28.5. The number of hydrogen-bond acceptors (Lipinski definition) is 3. The van der Waals surface area contributed by atoms with Crippen LogP contribution in [0, 0.1) is 0 Å². The molecule has 0 atom stereocenters. The predicted octanol–water partition coefficient (Wildman–Crippen LogP) is 5.15. The van der Waals surface area contributed by atoms with Crippen LogP contribution in [0.25, 0.3) is 0 Å². The molecule has 21 heavy (non-hydrogen) atoms. The normalized spacial score (nSPS) is 11.4. The van der Waals surface area contributed by atoms with Gasteiger partial charge in [-0.1, -0.05) is 34.8 Å². The van der Waals surface area contributed by atoms with Crippen LogP contribution in [-0.4, -0.2) is 8.42 Å². The Balaban J connectivity index is 2.30. The van der Waals surface area contributed by atoms with Gasteiger partial charge in [0, 0.05) is 31.3 Å². The van der Waals surface area contributed by atoms with Crippen molar-refractivity contribution in [2.24, 2.45) is 0 Å². The van der Waals surface area contributed by atoms with Gasteiger partial charge in [0.1, 0.15) is 17.3 Å². The Kier molecular flexibility index (Phi) is 5.28. The topological polar surface area (TPSA) is 43.4 Å². The van der Waals surface area contributed by atoms with Gasteiger partial charge in [0.05, 0.1) is 0 Å². The van der Waals surface area contributed by atoms with Crippen LogP contribution in [0.3, 0.4) is 0 Å². The highest BCUT2D eigenvalue weighted by Gasteiger charge is 2.18. The lowest BCUT2D eigenvalue weighted by Crippen LogP contribution is -2.01. The predicted molar refractivity (Wildman–Crippen MR) is 85.3 cm³/mol. The summed E-state index contributed by atoms with van der Waals surface area (Å²) in [5.41, 5.74) is 0.622. The molecule has 3 nitrogen and oxygen atoms in total. The molecule has 0 heterocycles. The fourth-order valence-electron chi connectivity index (χ4n) is 1.60. The van der Waals surface area contributed by atoms with Gasteiger partial charge in [-0.15, -0.1) is 0 Å². The second-order valence-corrected chi connectivity index (χ2v) is 7.87. The van der Waals surface area contributed by atoms with E-state index in [-0.39, 0.29) is 22.3 Å². The number of hydrogen-bond donors (Lipinski definition) is 0. The molecule has 2 aromatic carbocycles. The average Bonchev–Trinajstić information content (AvgIpc) is 2.40. The lowest BCUT2D eigenvalue weighted by atomic mass is 10.2. The molecule has 0 saturated carbocycles. The minimum absolute atomic E-state index is 0.0421. The van der Waals surface area contributed by atoms with E-state index in [1.165, 1.54) is 18.2 Å². The number of benzene rings is 2. The molecule has 8 heteroatoms. The third kappa shape index (κ3) is 4.41. The summed E-state index contributed by atoms with van der Waals surface area (Å²) in [5.74, 6) is 0.0884. The van der Waals surface area contributed by atoms with Crippen LogP contribution in [-0.2, 0) is 15.7 Å². The van der Waals surface area contributed by atoms with Crippen molar-refractivity contribution < 1.29 is 13.2 Å². The Morgan fingerprint density at radius 3 is 2.24 bits per heavy atom. The molecule has 0 aliphatic rings. The second kappa shape index (κ2) is 6.63. The molecule has 0 radical (unpaired) electrons. The summed E-state index contributed by atoms with van der Waals surface area (Å²) >= 11 is 17.7. The van der Waals surface area contributed by atoms with E-state index in [1.807, 2.05) is 0 Å². The van der Waals surface area contributed by atoms with E-state index in [0.717, 1.165) is 0 Å². The van der Waals surface area contributed by atoms with Crippen LogP contribution < -0.4 is 4.74 Å². The van der Waals surface area contributed by atoms with Gasteiger partial charge in [0.2, 0.25) is 0 Å². The van der Waals surface area contributed by atoms with Crippen LogP contribution in [0.2, 0.25) is 15.1 Å². The summed E-state index contributed by atoms with van der Waals surface area (Å²) in [6.45, 7) is 0.0421. The minimum atomic E-state index is -3.97. The third-order valence-corrected chi connectivity index (χ3v) is 4.74. The smallest absolute Gasteiger partial charge is 0.265 e. The zero-order valence-electron chi connectivity index (χ0n) is 10.3. The fraction of sp³-hybridized carbons (Fsp3) is 0.0769. The van der Waals surface area contributed by atoms with Crippen molar-refractivity contribution in [2.45, 2.75) is 11.5 Å². The summed E-state index contributed by atoms with van der Waals surface area (Å²) in [6, 6.07) is 9.06. The van der Waals surface area contributed by atoms with E-state index in [2.05, 4.69) is 0 Å². The van der Waals surface area contributed by atoms with Gasteiger partial charge in [0.15, 0.2) is 0 Å². The van der Waals surface area contributed by atoms with Crippen LogP contribution in [0.15, 0.2) is 41.3 Å². The molecule has 0 amide bonds. The first-order valence-corrected chi connectivity index (χ1v) is 9.02. The highest BCUT2D eigenvalue weighted by atomic mass is 35.7. The zero-order valence-corrected chi connectivity index (χ0v) is 14.2. The molecule has 0 aromatic heterocycles. The SMILES string of the molecule is O=S(=O)(Cl)c1cc(Cl)ccc1OCc1cc(Cl)ccc1Cl. The summed E-state index contributed by atoms with van der Waals surface area (Å²) in [4.78, 5) is -0.199. The quantitative estimate of drug-likeness (QED) is 0.683. The molecule has 0 fully saturated rings. The van der Waals surface area contributed by atoms with Crippen LogP contribution in [0.5, 0.6) is 5.75 Å². The van der Waals surface area contributed by atoms with Crippen molar-refractivity contribution in [3.8, 4) is 5.75 Å². The van der Waals surface area contributed by atoms with Gasteiger partial charge >= 0.3 is 0 Å². The Morgan fingerprint density at radius 2 is 1.57 bits per heavy atom. The number of ether oxygens (including phenoxy) is 1. The highest BCUT2D eigenvalue weighted by molar-refractivity contribution is 8.13. The fourth-order valence-corrected chi connectivity index (χ4v) is 3.20. The van der Waals surface area contributed by atoms with Crippen LogP contribution >= 0.6 is 45.5 Å². The Labute approximate surface area is 141 Å². The Morgan fingerprint density at radius 1 is 0.952 bits per heavy atom. The van der Waals surface area contributed by atoms with Gasteiger partial charge in [-0.05, 0) is 36.4 Å². The molecule has 0 bridgehead atoms. The van der Waals surface area contributed by atoms with Crippen LogP contribution in [0.1, 0.15) is 5.56 Å². The van der Waals surface area contributed by atoms with E-state index in [9.17, 15) is 8.42 Å². The first-order chi connectivity index (χ1) is 9.77. The highest BCUT2D eigenvalue weighted by Crippen LogP contribution is 2.31. The summed E-state index contributed by atoms with van der Waals surface area (Å²) in [5, 5.41) is 1.20. The lowest BCUT2D eigenvalue weighted by molar-refractivity contribution is 0.298. The Hall–Kier alpha value is -0.650. The second-order valence-electron chi connectivity index (χ2n) is 4.05. The van der Waals surface area contributed by atoms with Crippen molar-refractivity contribution in [2.75, 3.05) is 0 Å². The van der Waals surface area contributed by atoms with Gasteiger partial charge in [0.25, 0.3) is 9.05 Å². The van der Waals surface area contributed by atoms with E-state index in [1.54, 1.807) is 18.2 Å². The van der Waals surface area contributed by atoms with Crippen molar-refractivity contribution in [1.82, 2.24) is 0 Å². The van der Waals surface area contributed by atoms with Crippen LogP contribution in [0.4, 0.5) is 0 Å². The molecule has 0 aliphatic carbocycles. The van der Waals surface area contributed by atoms with Gasteiger partial charge in [-0.25, -0.2) is 8.42 Å². The molecule has 0 spiro atoms. The maximum atomic E-state index is 11.5. The molecule has 2 rings (SSSR count). The molecule has 0 saturated heterocycles. The Bertz CT molecular complexity index is 775. The molecule has 0 N–H and O–H groups in total. The van der Waals surface area contributed by atoms with Crippen molar-refractivity contribution in [3.63, 3.8) is 0 Å². The number of halogens is 4. The standard InChI is InChI=1S/C13H8Cl4O3S/c14-9-1-3-11(16)8(5-9)7-20-12-4-2-10(15)6-13(12)21(17,18)19/h1-6H,7H2. The maximum absolute atomic E-state index is 11.5. The largest absolute Gasteiger partial charge is 0.487 e. The van der Waals surface area contributed by atoms with Gasteiger partial charge < -0.3 is 4.74 Å². The van der Waals surface area contributed by atoms with E-state index in [4.69, 9.17) is 50.2 Å². The minimum Gasteiger partial charge on any atom is -0.487 e. The van der Waals surface area contributed by atoms with Gasteiger partial charge in [-0.2, -0.15) is 0 Å². The van der Waals surface area contributed by atoms with E-state index >= 15 is 0 Å². The first-order valence-electron chi connectivity index (χ1n) is 5.58. The van der Waals surface area contributed by atoms with E-state index in [0.29, 0.717) is 15.6 Å². The molecule has 2 aromatic rings. The summed E-state index contributed by atoms with van der Waals surface area (Å²) in [7, 11) is 1.39. The maximum Gasteiger partial charge on any atom is 0.265 e. The molecular weight excluding hydrogens is 378 g/mol. The molecule has 0 aliphatic heterocycles. The molecule has 112 valence electrons.